The molecule has 7 nitrogen and oxygen atoms in total. The predicted octanol–water partition coefficient (Wildman–Crippen LogP) is 2.75. The van der Waals surface area contributed by atoms with Crippen molar-refractivity contribution < 1.29 is 14.4 Å². The zero-order valence-electron chi connectivity index (χ0n) is 17.9. The van der Waals surface area contributed by atoms with Gasteiger partial charge in [0, 0.05) is 40.9 Å². The number of para-hydroxylation sites is 1. The minimum absolute atomic E-state index is 0.0548. The van der Waals surface area contributed by atoms with Crippen molar-refractivity contribution >= 4 is 34.3 Å². The van der Waals surface area contributed by atoms with E-state index < -0.39 is 17.9 Å². The highest BCUT2D eigenvalue weighted by Crippen LogP contribution is 2.37. The number of hydrogen-bond acceptors (Lipinski definition) is 3. The third-order valence-corrected chi connectivity index (χ3v) is 5.59. The van der Waals surface area contributed by atoms with Crippen molar-refractivity contribution in [2.45, 2.75) is 39.3 Å². The van der Waals surface area contributed by atoms with Gasteiger partial charge in [-0.1, -0.05) is 35.9 Å². The molecule has 1 aliphatic heterocycles. The molecule has 160 valence electrons. The number of carbonyl (C=O) groups excluding carboxylic acids is 3. The fourth-order valence-electron chi connectivity index (χ4n) is 4.11. The van der Waals surface area contributed by atoms with Gasteiger partial charge in [0.15, 0.2) is 0 Å². The van der Waals surface area contributed by atoms with Crippen LogP contribution in [0.15, 0.2) is 48.7 Å². The lowest BCUT2D eigenvalue weighted by Gasteiger charge is -2.22. The van der Waals surface area contributed by atoms with Crippen molar-refractivity contribution in [3.8, 4) is 0 Å². The Balaban J connectivity index is 1.40. The Morgan fingerprint density at radius 1 is 1.13 bits per heavy atom. The summed E-state index contributed by atoms with van der Waals surface area (Å²) < 4.78 is 0. The number of aromatic nitrogens is 1. The number of aromatic amines is 1. The van der Waals surface area contributed by atoms with Crippen molar-refractivity contribution in [2.75, 3.05) is 11.4 Å². The summed E-state index contributed by atoms with van der Waals surface area (Å²) in [6, 6.07) is 12.7. The Morgan fingerprint density at radius 3 is 2.68 bits per heavy atom. The molecule has 0 unspecified atom stereocenters. The van der Waals surface area contributed by atoms with Crippen molar-refractivity contribution in [3.05, 3.63) is 65.4 Å². The topological polar surface area (TPSA) is 94.3 Å². The van der Waals surface area contributed by atoms with Gasteiger partial charge in [-0.3, -0.25) is 14.4 Å². The molecule has 0 bridgehead atoms. The number of aryl methyl sites for hydroxylation is 1. The molecule has 7 heteroatoms. The number of nitrogens with zero attached hydrogens (tertiary/aromatic N) is 1. The molecule has 31 heavy (non-hydrogen) atoms. The van der Waals surface area contributed by atoms with Gasteiger partial charge in [-0.25, -0.2) is 0 Å². The van der Waals surface area contributed by atoms with Gasteiger partial charge < -0.3 is 20.5 Å². The minimum atomic E-state index is -0.857. The van der Waals surface area contributed by atoms with E-state index in [0.717, 1.165) is 33.3 Å². The van der Waals surface area contributed by atoms with Gasteiger partial charge in [0.1, 0.15) is 6.04 Å². The van der Waals surface area contributed by atoms with Gasteiger partial charge in [0.05, 0.1) is 0 Å². The van der Waals surface area contributed by atoms with Gasteiger partial charge >= 0.3 is 11.8 Å². The second kappa shape index (κ2) is 8.26. The summed E-state index contributed by atoms with van der Waals surface area (Å²) in [7, 11) is 0. The Hall–Kier alpha value is -3.61. The first kappa shape index (κ1) is 20.7. The molecule has 3 amide bonds. The molecule has 2 heterocycles. The molecule has 3 aromatic rings. The van der Waals surface area contributed by atoms with Crippen LogP contribution in [0.3, 0.4) is 0 Å². The Morgan fingerprint density at radius 2 is 1.90 bits per heavy atom. The van der Waals surface area contributed by atoms with Crippen molar-refractivity contribution in [2.24, 2.45) is 0 Å². The fraction of sp³-hybridized carbons (Fsp3) is 0.292. The molecule has 0 radical (unpaired) electrons. The predicted molar refractivity (Wildman–Crippen MR) is 120 cm³/mol. The van der Waals surface area contributed by atoms with Crippen LogP contribution < -0.4 is 15.5 Å². The minimum Gasteiger partial charge on any atom is -0.361 e. The van der Waals surface area contributed by atoms with Gasteiger partial charge in [-0.2, -0.15) is 0 Å². The largest absolute Gasteiger partial charge is 0.361 e. The summed E-state index contributed by atoms with van der Waals surface area (Å²) in [5, 5.41) is 6.37. The maximum Gasteiger partial charge on any atom is 0.310 e. The summed E-state index contributed by atoms with van der Waals surface area (Å²) >= 11 is 0. The van der Waals surface area contributed by atoms with E-state index in [4.69, 9.17) is 0 Å². The number of nitrogens with one attached hydrogen (secondary N) is 3. The van der Waals surface area contributed by atoms with Crippen molar-refractivity contribution in [1.82, 2.24) is 15.6 Å². The lowest BCUT2D eigenvalue weighted by molar-refractivity contribution is -0.140. The number of H-pyrrole nitrogens is 1. The Bertz CT molecular complexity index is 1160. The molecule has 0 saturated heterocycles. The van der Waals surface area contributed by atoms with E-state index >= 15 is 0 Å². The van der Waals surface area contributed by atoms with Gasteiger partial charge in [0.25, 0.3) is 5.91 Å². The number of benzene rings is 2. The van der Waals surface area contributed by atoms with Crippen LogP contribution in [0, 0.1) is 6.92 Å². The summed E-state index contributed by atoms with van der Waals surface area (Å²) in [6.45, 7) is 6.09. The van der Waals surface area contributed by atoms with Crippen LogP contribution in [0.2, 0.25) is 0 Å². The molecule has 0 spiro atoms. The lowest BCUT2D eigenvalue weighted by Crippen LogP contribution is -2.45. The van der Waals surface area contributed by atoms with Gasteiger partial charge in [-0.15, -0.1) is 0 Å². The molecular weight excluding hydrogens is 392 g/mol. The van der Waals surface area contributed by atoms with E-state index in [9.17, 15) is 14.4 Å². The van der Waals surface area contributed by atoms with Crippen LogP contribution in [0.5, 0.6) is 0 Å². The van der Waals surface area contributed by atoms with E-state index in [1.807, 2.05) is 69.4 Å². The average molecular weight is 418 g/mol. The molecule has 3 N–H and O–H groups in total. The molecule has 4 rings (SSSR count). The molecule has 1 atom stereocenters. The number of fused-ring (bicyclic) bond motifs is 2. The second-order valence-corrected chi connectivity index (χ2v) is 8.14. The Labute approximate surface area is 180 Å². The van der Waals surface area contributed by atoms with Gasteiger partial charge in [-0.05, 0) is 44.9 Å². The molecule has 0 saturated carbocycles. The van der Waals surface area contributed by atoms with E-state index in [1.165, 1.54) is 0 Å². The van der Waals surface area contributed by atoms with Gasteiger partial charge in [0.2, 0.25) is 0 Å². The standard InChI is InChI=1S/C24H26N4O3/c1-14(2)28-20-9-8-15(3)12-18(20)21(24(28)31)27-23(30)22(29)25-11-10-16-13-26-19-7-5-4-6-17(16)19/h4-9,12-14,21,26H,10-11H2,1-3H3,(H,25,29)(H,27,30)/t21-/m1/s1. The fourth-order valence-corrected chi connectivity index (χ4v) is 4.11. The highest BCUT2D eigenvalue weighted by atomic mass is 16.2. The number of carbonyl (C=O) groups is 3. The van der Waals surface area contributed by atoms with Crippen molar-refractivity contribution in [3.63, 3.8) is 0 Å². The molecular formula is C24H26N4O3. The molecule has 0 fully saturated rings. The highest BCUT2D eigenvalue weighted by molar-refractivity contribution is 6.35. The maximum atomic E-state index is 12.9. The SMILES string of the molecule is Cc1ccc2c(c1)[C@@H](NC(=O)C(=O)NCCc1c[nH]c3ccccc13)C(=O)N2C(C)C. The van der Waals surface area contributed by atoms with E-state index in [2.05, 4.69) is 15.6 Å². The number of anilines is 1. The number of hydrogen-bond donors (Lipinski definition) is 3. The number of rotatable bonds is 5. The summed E-state index contributed by atoms with van der Waals surface area (Å²) in [5.74, 6) is -1.78. The zero-order chi connectivity index (χ0) is 22.1. The van der Waals surface area contributed by atoms with E-state index in [1.54, 1.807) is 4.90 Å². The highest BCUT2D eigenvalue weighted by Gasteiger charge is 2.40. The van der Waals surface area contributed by atoms with Crippen LogP contribution in [-0.2, 0) is 20.8 Å². The van der Waals surface area contributed by atoms with E-state index in [-0.39, 0.29) is 11.9 Å². The summed E-state index contributed by atoms with van der Waals surface area (Å²) in [6.07, 6.45) is 2.50. The first-order valence-electron chi connectivity index (χ1n) is 10.4. The maximum absolute atomic E-state index is 12.9. The van der Waals surface area contributed by atoms with Crippen LogP contribution in [0.1, 0.15) is 36.6 Å². The molecule has 0 aliphatic carbocycles. The zero-order valence-corrected chi connectivity index (χ0v) is 17.9. The van der Waals surface area contributed by atoms with Crippen LogP contribution in [-0.4, -0.2) is 35.3 Å². The van der Waals surface area contributed by atoms with Crippen LogP contribution >= 0.6 is 0 Å². The first-order valence-corrected chi connectivity index (χ1v) is 10.4. The summed E-state index contributed by atoms with van der Waals surface area (Å²) in [5.41, 5.74) is 4.58. The monoisotopic (exact) mass is 418 g/mol. The third kappa shape index (κ3) is 3.91. The third-order valence-electron chi connectivity index (χ3n) is 5.59. The molecule has 1 aromatic heterocycles. The van der Waals surface area contributed by atoms with Crippen LogP contribution in [0.25, 0.3) is 10.9 Å². The smallest absolute Gasteiger partial charge is 0.310 e. The van der Waals surface area contributed by atoms with Crippen molar-refractivity contribution in [1.29, 1.82) is 0 Å². The second-order valence-electron chi connectivity index (χ2n) is 8.14. The average Bonchev–Trinajstić information content (AvgIpc) is 3.27. The van der Waals surface area contributed by atoms with Crippen LogP contribution in [0.4, 0.5) is 5.69 Å². The summed E-state index contributed by atoms with van der Waals surface area (Å²) in [4.78, 5) is 42.7. The van der Waals surface area contributed by atoms with E-state index in [0.29, 0.717) is 13.0 Å². The lowest BCUT2D eigenvalue weighted by atomic mass is 10.1. The quantitative estimate of drug-likeness (QED) is 0.556. The normalized spacial score (nSPS) is 15.4. The molecule has 2 aromatic carbocycles. The first-order chi connectivity index (χ1) is 14.9. The molecule has 1 aliphatic rings. The Kier molecular flexibility index (Phi) is 5.50. The number of amides is 3.